The fraction of sp³-hybridized carbons (Fsp3) is 0.700. The van der Waals surface area contributed by atoms with Crippen LogP contribution >= 0.6 is 0 Å². The van der Waals surface area contributed by atoms with Crippen LogP contribution in [0.4, 0.5) is 0 Å². The molecule has 0 radical (unpaired) electrons. The van der Waals surface area contributed by atoms with Crippen molar-refractivity contribution in [2.24, 2.45) is 0 Å². The maximum absolute atomic E-state index is 10.7. The summed E-state index contributed by atoms with van der Waals surface area (Å²) in [6.07, 6.45) is 3.22. The number of carbonyl (C=O) groups excluding carboxylic acids is 1. The maximum atomic E-state index is 10.7. The standard InChI is InChI=1S/C10H16O3/c1-8(4-3-5-9(2)11)10-12-6-7-13-10/h4,10H,3,5-7H2,1-2H3/b8-4+. The predicted molar refractivity (Wildman–Crippen MR) is 49.4 cm³/mol. The lowest BCUT2D eigenvalue weighted by atomic mass is 10.2. The lowest BCUT2D eigenvalue weighted by Gasteiger charge is -2.08. The SMILES string of the molecule is CC(=O)CC/C=C(\C)C1OCCO1. The van der Waals surface area contributed by atoms with Gasteiger partial charge in [-0.2, -0.15) is 0 Å². The van der Waals surface area contributed by atoms with Crippen LogP contribution in [0.5, 0.6) is 0 Å². The topological polar surface area (TPSA) is 35.5 Å². The molecule has 74 valence electrons. The molecule has 0 aromatic rings. The normalized spacial score (nSPS) is 19.4. The molecule has 13 heavy (non-hydrogen) atoms. The Balaban J connectivity index is 2.28. The first kappa shape index (κ1) is 10.4. The molecule has 1 heterocycles. The molecule has 0 atom stereocenters. The van der Waals surface area contributed by atoms with Crippen LogP contribution in [0.3, 0.4) is 0 Å². The number of hydrogen-bond acceptors (Lipinski definition) is 3. The number of Topliss-reactive ketones (excluding diaryl/α,β-unsaturated/α-hetero) is 1. The van der Waals surface area contributed by atoms with Crippen molar-refractivity contribution in [3.8, 4) is 0 Å². The first-order chi connectivity index (χ1) is 6.20. The molecule has 1 aliphatic rings. The fourth-order valence-corrected chi connectivity index (χ4v) is 1.22. The van der Waals surface area contributed by atoms with E-state index in [1.54, 1.807) is 6.92 Å². The molecule has 3 heteroatoms. The molecule has 3 nitrogen and oxygen atoms in total. The van der Waals surface area contributed by atoms with E-state index in [0.717, 1.165) is 12.0 Å². The average Bonchev–Trinajstić information content (AvgIpc) is 2.55. The zero-order valence-electron chi connectivity index (χ0n) is 8.21. The minimum atomic E-state index is -0.174. The van der Waals surface area contributed by atoms with Crippen molar-refractivity contribution in [3.63, 3.8) is 0 Å². The third kappa shape index (κ3) is 3.70. The van der Waals surface area contributed by atoms with Crippen LogP contribution in [0, 0.1) is 0 Å². The van der Waals surface area contributed by atoms with Crippen molar-refractivity contribution in [2.45, 2.75) is 33.0 Å². The largest absolute Gasteiger partial charge is 0.346 e. The molecule has 0 saturated carbocycles. The molecule has 1 saturated heterocycles. The molecule has 1 fully saturated rings. The lowest BCUT2D eigenvalue weighted by Crippen LogP contribution is -2.08. The van der Waals surface area contributed by atoms with Crippen molar-refractivity contribution >= 4 is 5.78 Å². The van der Waals surface area contributed by atoms with E-state index < -0.39 is 0 Å². The van der Waals surface area contributed by atoms with Gasteiger partial charge in [-0.15, -0.1) is 0 Å². The van der Waals surface area contributed by atoms with Crippen LogP contribution in [0.2, 0.25) is 0 Å². The van der Waals surface area contributed by atoms with Crippen LogP contribution in [0.15, 0.2) is 11.6 Å². The highest BCUT2D eigenvalue weighted by molar-refractivity contribution is 5.75. The molecule has 0 spiro atoms. The Labute approximate surface area is 78.7 Å². The molecule has 0 aromatic heterocycles. The number of hydrogen-bond donors (Lipinski definition) is 0. The highest BCUT2D eigenvalue weighted by Gasteiger charge is 2.16. The molecule has 0 bridgehead atoms. The summed E-state index contributed by atoms with van der Waals surface area (Å²) in [5, 5.41) is 0. The molecule has 0 unspecified atom stereocenters. The van der Waals surface area contributed by atoms with Crippen LogP contribution < -0.4 is 0 Å². The molecule has 1 rings (SSSR count). The van der Waals surface area contributed by atoms with Crippen LogP contribution in [0.1, 0.15) is 26.7 Å². The monoisotopic (exact) mass is 184 g/mol. The number of rotatable bonds is 4. The third-order valence-electron chi connectivity index (χ3n) is 1.96. The number of carbonyl (C=O) groups is 1. The highest BCUT2D eigenvalue weighted by atomic mass is 16.7. The van der Waals surface area contributed by atoms with Gasteiger partial charge in [0.15, 0.2) is 6.29 Å². The van der Waals surface area contributed by atoms with Gasteiger partial charge < -0.3 is 14.3 Å². The second-order valence-electron chi connectivity index (χ2n) is 3.26. The summed E-state index contributed by atoms with van der Waals surface area (Å²) in [6, 6.07) is 0. The summed E-state index contributed by atoms with van der Waals surface area (Å²) in [5.41, 5.74) is 1.07. The summed E-state index contributed by atoms with van der Waals surface area (Å²) in [7, 11) is 0. The molecule has 1 aliphatic heterocycles. The maximum Gasteiger partial charge on any atom is 0.179 e. The van der Waals surface area contributed by atoms with Crippen LogP contribution in [-0.2, 0) is 14.3 Å². The van der Waals surface area contributed by atoms with Gasteiger partial charge in [0.2, 0.25) is 0 Å². The molecular formula is C10H16O3. The highest BCUT2D eigenvalue weighted by Crippen LogP contribution is 2.14. The van der Waals surface area contributed by atoms with Crippen molar-refractivity contribution in [2.75, 3.05) is 13.2 Å². The molecule has 0 N–H and O–H groups in total. The zero-order valence-corrected chi connectivity index (χ0v) is 8.21. The first-order valence-electron chi connectivity index (χ1n) is 4.59. The van der Waals surface area contributed by atoms with E-state index in [9.17, 15) is 4.79 Å². The van der Waals surface area contributed by atoms with Crippen molar-refractivity contribution in [1.82, 2.24) is 0 Å². The second kappa shape index (κ2) is 5.14. The van der Waals surface area contributed by atoms with Gasteiger partial charge in [-0.1, -0.05) is 6.08 Å². The smallest absolute Gasteiger partial charge is 0.179 e. The van der Waals surface area contributed by atoms with Gasteiger partial charge in [0, 0.05) is 6.42 Å². The summed E-state index contributed by atoms with van der Waals surface area (Å²) >= 11 is 0. The Morgan fingerprint density at radius 2 is 2.00 bits per heavy atom. The van der Waals surface area contributed by atoms with E-state index in [-0.39, 0.29) is 12.1 Å². The number of ketones is 1. The minimum Gasteiger partial charge on any atom is -0.346 e. The lowest BCUT2D eigenvalue weighted by molar-refractivity contribution is -0.116. The van der Waals surface area contributed by atoms with Gasteiger partial charge >= 0.3 is 0 Å². The van der Waals surface area contributed by atoms with Gasteiger partial charge in [0.1, 0.15) is 5.78 Å². The predicted octanol–water partition coefficient (Wildman–Crippen LogP) is 1.67. The summed E-state index contributed by atoms with van der Waals surface area (Å²) < 4.78 is 10.6. The van der Waals surface area contributed by atoms with E-state index in [1.807, 2.05) is 13.0 Å². The quantitative estimate of drug-likeness (QED) is 0.623. The summed E-state index contributed by atoms with van der Waals surface area (Å²) in [6.45, 7) is 4.91. The number of ether oxygens (including phenoxy) is 2. The van der Waals surface area contributed by atoms with Crippen molar-refractivity contribution in [3.05, 3.63) is 11.6 Å². The Hall–Kier alpha value is -0.670. The molecular weight excluding hydrogens is 168 g/mol. The second-order valence-corrected chi connectivity index (χ2v) is 3.26. The van der Waals surface area contributed by atoms with Gasteiger partial charge in [0.25, 0.3) is 0 Å². The molecule has 0 aromatic carbocycles. The summed E-state index contributed by atoms with van der Waals surface area (Å²) in [5.74, 6) is 0.220. The Morgan fingerprint density at radius 1 is 1.38 bits per heavy atom. The zero-order chi connectivity index (χ0) is 9.68. The van der Waals surface area contributed by atoms with Gasteiger partial charge in [-0.25, -0.2) is 0 Å². The Morgan fingerprint density at radius 3 is 2.54 bits per heavy atom. The minimum absolute atomic E-state index is 0.174. The van der Waals surface area contributed by atoms with E-state index in [1.165, 1.54) is 0 Å². The van der Waals surface area contributed by atoms with E-state index in [4.69, 9.17) is 9.47 Å². The van der Waals surface area contributed by atoms with E-state index in [2.05, 4.69) is 0 Å². The Kier molecular flexibility index (Phi) is 4.12. The Bertz CT molecular complexity index is 202. The van der Waals surface area contributed by atoms with Gasteiger partial charge in [-0.3, -0.25) is 0 Å². The van der Waals surface area contributed by atoms with E-state index in [0.29, 0.717) is 19.6 Å². The molecule has 0 aliphatic carbocycles. The first-order valence-corrected chi connectivity index (χ1v) is 4.59. The third-order valence-corrected chi connectivity index (χ3v) is 1.96. The fourth-order valence-electron chi connectivity index (χ4n) is 1.22. The van der Waals surface area contributed by atoms with Crippen LogP contribution in [-0.4, -0.2) is 25.3 Å². The molecule has 0 amide bonds. The van der Waals surface area contributed by atoms with E-state index >= 15 is 0 Å². The van der Waals surface area contributed by atoms with Gasteiger partial charge in [-0.05, 0) is 25.8 Å². The number of allylic oxidation sites excluding steroid dienone is 1. The summed E-state index contributed by atoms with van der Waals surface area (Å²) in [4.78, 5) is 10.7. The average molecular weight is 184 g/mol. The van der Waals surface area contributed by atoms with Crippen molar-refractivity contribution in [1.29, 1.82) is 0 Å². The van der Waals surface area contributed by atoms with Gasteiger partial charge in [0.05, 0.1) is 13.2 Å². The van der Waals surface area contributed by atoms with Crippen molar-refractivity contribution < 1.29 is 14.3 Å². The van der Waals surface area contributed by atoms with Crippen LogP contribution in [0.25, 0.3) is 0 Å².